The Morgan fingerprint density at radius 1 is 1.56 bits per heavy atom. The second-order valence-corrected chi connectivity index (χ2v) is 4.28. The van der Waals surface area contributed by atoms with E-state index in [9.17, 15) is 9.18 Å². The average Bonchev–Trinajstić information content (AvgIpc) is 2.33. The highest BCUT2D eigenvalue weighted by atomic mass is 35.5. The zero-order chi connectivity index (χ0) is 13.5. The standard InChI is InChI=1S/C12H16ClFN2O2/c1-8(16-12(18)15-5-2-6-17)9-3-4-11(14)10(13)7-9/h3-4,7-8,17H,2,5-6H2,1H3,(H2,15,16,18). The number of carbonyl (C=O) groups is 1. The van der Waals surface area contributed by atoms with Gasteiger partial charge in [-0.1, -0.05) is 17.7 Å². The van der Waals surface area contributed by atoms with Crippen LogP contribution in [0, 0.1) is 5.82 Å². The molecule has 2 amide bonds. The summed E-state index contributed by atoms with van der Waals surface area (Å²) in [6, 6.07) is 3.70. The Labute approximate surface area is 110 Å². The molecule has 0 saturated heterocycles. The molecule has 0 fully saturated rings. The lowest BCUT2D eigenvalue weighted by Gasteiger charge is -2.15. The molecule has 18 heavy (non-hydrogen) atoms. The van der Waals surface area contributed by atoms with Gasteiger partial charge >= 0.3 is 6.03 Å². The summed E-state index contributed by atoms with van der Waals surface area (Å²) in [5.41, 5.74) is 0.721. The van der Waals surface area contributed by atoms with Crippen molar-refractivity contribution in [3.05, 3.63) is 34.6 Å². The third-order valence-electron chi connectivity index (χ3n) is 2.41. The molecule has 0 heterocycles. The minimum absolute atomic E-state index is 0.0295. The highest BCUT2D eigenvalue weighted by Gasteiger charge is 2.10. The van der Waals surface area contributed by atoms with Crippen LogP contribution in [0.15, 0.2) is 18.2 Å². The van der Waals surface area contributed by atoms with Crippen LogP contribution in [0.2, 0.25) is 5.02 Å². The summed E-state index contributed by atoms with van der Waals surface area (Å²) < 4.78 is 13.0. The number of rotatable bonds is 5. The molecule has 0 aliphatic carbocycles. The van der Waals surface area contributed by atoms with E-state index < -0.39 is 5.82 Å². The number of hydrogen-bond acceptors (Lipinski definition) is 2. The number of carbonyl (C=O) groups excluding carboxylic acids is 1. The van der Waals surface area contributed by atoms with E-state index >= 15 is 0 Å². The summed E-state index contributed by atoms with van der Waals surface area (Å²) in [7, 11) is 0. The summed E-state index contributed by atoms with van der Waals surface area (Å²) in [5.74, 6) is -0.486. The van der Waals surface area contributed by atoms with Crippen LogP contribution < -0.4 is 10.6 Å². The van der Waals surface area contributed by atoms with Gasteiger partial charge in [0.25, 0.3) is 0 Å². The van der Waals surface area contributed by atoms with Crippen molar-refractivity contribution in [3.8, 4) is 0 Å². The van der Waals surface area contributed by atoms with Crippen LogP contribution in [-0.2, 0) is 0 Å². The minimum atomic E-state index is -0.486. The maximum Gasteiger partial charge on any atom is 0.315 e. The molecule has 1 aromatic rings. The normalized spacial score (nSPS) is 12.0. The second-order valence-electron chi connectivity index (χ2n) is 3.87. The molecule has 4 nitrogen and oxygen atoms in total. The number of aliphatic hydroxyl groups is 1. The molecule has 0 aliphatic heterocycles. The van der Waals surface area contributed by atoms with Crippen LogP contribution in [0.4, 0.5) is 9.18 Å². The number of urea groups is 1. The molecule has 1 aromatic carbocycles. The predicted octanol–water partition coefficient (Wildman–Crippen LogP) is 2.22. The molecule has 0 saturated carbocycles. The van der Waals surface area contributed by atoms with Crippen LogP contribution in [-0.4, -0.2) is 24.3 Å². The van der Waals surface area contributed by atoms with Crippen molar-refractivity contribution < 1.29 is 14.3 Å². The van der Waals surface area contributed by atoms with Gasteiger partial charge in [-0.2, -0.15) is 0 Å². The minimum Gasteiger partial charge on any atom is -0.396 e. The van der Waals surface area contributed by atoms with Crippen LogP contribution in [0.5, 0.6) is 0 Å². The van der Waals surface area contributed by atoms with Crippen molar-refractivity contribution in [1.29, 1.82) is 0 Å². The quantitative estimate of drug-likeness (QED) is 0.721. The van der Waals surface area contributed by atoms with Gasteiger partial charge in [0.05, 0.1) is 11.1 Å². The molecule has 0 spiro atoms. The summed E-state index contributed by atoms with van der Waals surface area (Å²) in [6.45, 7) is 2.21. The van der Waals surface area contributed by atoms with Crippen LogP contribution in [0.3, 0.4) is 0 Å². The molecule has 0 radical (unpaired) electrons. The summed E-state index contributed by atoms with van der Waals surface area (Å²) in [4.78, 5) is 11.4. The first-order valence-electron chi connectivity index (χ1n) is 5.64. The Bertz CT molecular complexity index is 415. The summed E-state index contributed by atoms with van der Waals surface area (Å²) in [6.07, 6.45) is 0.504. The van der Waals surface area contributed by atoms with E-state index in [1.54, 1.807) is 13.0 Å². The Kier molecular flexibility index (Phi) is 5.88. The number of hydrogen-bond donors (Lipinski definition) is 3. The van der Waals surface area contributed by atoms with Gasteiger partial charge in [0.1, 0.15) is 5.82 Å². The van der Waals surface area contributed by atoms with Crippen LogP contribution >= 0.6 is 11.6 Å². The highest BCUT2D eigenvalue weighted by molar-refractivity contribution is 6.30. The van der Waals surface area contributed by atoms with E-state index in [2.05, 4.69) is 10.6 Å². The van der Waals surface area contributed by atoms with Crippen molar-refractivity contribution in [1.82, 2.24) is 10.6 Å². The number of halogens is 2. The van der Waals surface area contributed by atoms with Gasteiger partial charge in [-0.25, -0.2) is 9.18 Å². The third-order valence-corrected chi connectivity index (χ3v) is 2.70. The largest absolute Gasteiger partial charge is 0.396 e. The predicted molar refractivity (Wildman–Crippen MR) is 68.1 cm³/mol. The monoisotopic (exact) mass is 274 g/mol. The van der Waals surface area contributed by atoms with E-state index in [1.807, 2.05) is 0 Å². The Hall–Kier alpha value is -1.33. The number of aliphatic hydroxyl groups excluding tert-OH is 1. The first-order valence-corrected chi connectivity index (χ1v) is 6.02. The molecule has 3 N–H and O–H groups in total. The lowest BCUT2D eigenvalue weighted by atomic mass is 10.1. The molecular formula is C12H16ClFN2O2. The fourth-order valence-corrected chi connectivity index (χ4v) is 1.58. The molecule has 100 valence electrons. The maximum atomic E-state index is 13.0. The van der Waals surface area contributed by atoms with Gasteiger partial charge in [0, 0.05) is 13.2 Å². The zero-order valence-electron chi connectivity index (χ0n) is 10.0. The van der Waals surface area contributed by atoms with Gasteiger partial charge in [0.2, 0.25) is 0 Å². The van der Waals surface area contributed by atoms with Crippen LogP contribution in [0.1, 0.15) is 24.9 Å². The fraction of sp³-hybridized carbons (Fsp3) is 0.417. The second kappa shape index (κ2) is 7.18. The van der Waals surface area contributed by atoms with Gasteiger partial charge in [-0.05, 0) is 31.0 Å². The molecule has 0 bridgehead atoms. The molecule has 1 unspecified atom stereocenters. The SMILES string of the molecule is CC(NC(=O)NCCCO)c1ccc(F)c(Cl)c1. The van der Waals surface area contributed by atoms with E-state index in [1.165, 1.54) is 12.1 Å². The Morgan fingerprint density at radius 2 is 2.28 bits per heavy atom. The lowest BCUT2D eigenvalue weighted by Crippen LogP contribution is -2.37. The van der Waals surface area contributed by atoms with Crippen molar-refractivity contribution in [3.63, 3.8) is 0 Å². The van der Waals surface area contributed by atoms with E-state index in [4.69, 9.17) is 16.7 Å². The fourth-order valence-electron chi connectivity index (χ4n) is 1.39. The topological polar surface area (TPSA) is 61.4 Å². The van der Waals surface area contributed by atoms with E-state index in [-0.39, 0.29) is 23.7 Å². The smallest absolute Gasteiger partial charge is 0.315 e. The highest BCUT2D eigenvalue weighted by Crippen LogP contribution is 2.20. The molecule has 6 heteroatoms. The van der Waals surface area contributed by atoms with Crippen molar-refractivity contribution >= 4 is 17.6 Å². The average molecular weight is 275 g/mol. The van der Waals surface area contributed by atoms with Gasteiger partial charge in [-0.15, -0.1) is 0 Å². The van der Waals surface area contributed by atoms with Gasteiger partial charge in [-0.3, -0.25) is 0 Å². The number of amides is 2. The van der Waals surface area contributed by atoms with Crippen molar-refractivity contribution in [2.75, 3.05) is 13.2 Å². The van der Waals surface area contributed by atoms with Crippen molar-refractivity contribution in [2.45, 2.75) is 19.4 Å². The van der Waals surface area contributed by atoms with E-state index in [0.717, 1.165) is 5.56 Å². The summed E-state index contributed by atoms with van der Waals surface area (Å²) >= 11 is 5.67. The first-order chi connectivity index (χ1) is 8.54. The number of benzene rings is 1. The Balaban J connectivity index is 2.51. The first kappa shape index (κ1) is 14.7. The lowest BCUT2D eigenvalue weighted by molar-refractivity contribution is 0.235. The van der Waals surface area contributed by atoms with Crippen LogP contribution in [0.25, 0.3) is 0 Å². The molecule has 0 aromatic heterocycles. The molecule has 0 aliphatic rings. The summed E-state index contributed by atoms with van der Waals surface area (Å²) in [5, 5.41) is 13.9. The maximum absolute atomic E-state index is 13.0. The van der Waals surface area contributed by atoms with Crippen molar-refractivity contribution in [2.24, 2.45) is 0 Å². The van der Waals surface area contributed by atoms with E-state index in [0.29, 0.717) is 13.0 Å². The number of nitrogens with one attached hydrogen (secondary N) is 2. The van der Waals surface area contributed by atoms with Gasteiger partial charge in [0.15, 0.2) is 0 Å². The Morgan fingerprint density at radius 3 is 2.89 bits per heavy atom. The molecular weight excluding hydrogens is 259 g/mol. The zero-order valence-corrected chi connectivity index (χ0v) is 10.8. The van der Waals surface area contributed by atoms with Gasteiger partial charge < -0.3 is 15.7 Å². The third kappa shape index (κ3) is 4.50. The molecule has 1 rings (SSSR count). The molecule has 1 atom stereocenters.